The highest BCUT2D eigenvalue weighted by atomic mass is 32.2. The molecule has 0 N–H and O–H groups in total. The van der Waals surface area contributed by atoms with E-state index in [-0.39, 0.29) is 11.3 Å². The molecular formula is C17H19F2NOS. The summed E-state index contributed by atoms with van der Waals surface area (Å²) >= 11 is 1.52. The van der Waals surface area contributed by atoms with Crippen LogP contribution in [0.2, 0.25) is 0 Å². The third-order valence-corrected chi connectivity index (χ3v) is 4.72. The Labute approximate surface area is 133 Å². The molecule has 0 saturated heterocycles. The van der Waals surface area contributed by atoms with E-state index in [4.69, 9.17) is 0 Å². The van der Waals surface area contributed by atoms with Crippen LogP contribution in [0.15, 0.2) is 39.9 Å². The zero-order chi connectivity index (χ0) is 16.3. The lowest BCUT2D eigenvalue weighted by Gasteiger charge is -2.21. The summed E-state index contributed by atoms with van der Waals surface area (Å²) in [7, 11) is 0. The van der Waals surface area contributed by atoms with Crippen molar-refractivity contribution in [3.8, 4) is 0 Å². The molecule has 0 amide bonds. The highest BCUT2D eigenvalue weighted by Gasteiger charge is 2.23. The Bertz CT molecular complexity index is 632. The summed E-state index contributed by atoms with van der Waals surface area (Å²) in [6.07, 6.45) is 3.55. The SMILES string of the molecule is CCCCN1C(=CC(=O)c2cc(F)cc(F)c2)SC(C)=C1C. The minimum Gasteiger partial charge on any atom is -0.339 e. The van der Waals surface area contributed by atoms with Gasteiger partial charge < -0.3 is 4.90 Å². The number of carbonyl (C=O) groups excluding carboxylic acids is 1. The molecule has 1 aromatic rings. The molecule has 2 rings (SSSR count). The lowest BCUT2D eigenvalue weighted by Crippen LogP contribution is -2.18. The molecule has 0 aromatic heterocycles. The summed E-state index contributed by atoms with van der Waals surface area (Å²) in [4.78, 5) is 15.5. The van der Waals surface area contributed by atoms with Crippen LogP contribution < -0.4 is 0 Å². The van der Waals surface area contributed by atoms with Crippen molar-refractivity contribution < 1.29 is 13.6 Å². The molecule has 0 aliphatic carbocycles. The number of halogens is 2. The average Bonchev–Trinajstić information content (AvgIpc) is 2.70. The van der Waals surface area contributed by atoms with Crippen LogP contribution in [0.25, 0.3) is 0 Å². The molecule has 1 aliphatic rings. The topological polar surface area (TPSA) is 20.3 Å². The fourth-order valence-electron chi connectivity index (χ4n) is 2.23. The number of carbonyl (C=O) groups is 1. The van der Waals surface area contributed by atoms with E-state index in [2.05, 4.69) is 11.8 Å². The van der Waals surface area contributed by atoms with E-state index in [1.54, 1.807) is 0 Å². The Morgan fingerprint density at radius 3 is 2.45 bits per heavy atom. The predicted molar refractivity (Wildman–Crippen MR) is 86.4 cm³/mol. The second-order valence-electron chi connectivity index (χ2n) is 5.25. The summed E-state index contributed by atoms with van der Waals surface area (Å²) < 4.78 is 26.5. The Morgan fingerprint density at radius 1 is 1.23 bits per heavy atom. The highest BCUT2D eigenvalue weighted by Crippen LogP contribution is 2.40. The van der Waals surface area contributed by atoms with Crippen LogP contribution in [0.5, 0.6) is 0 Å². The molecule has 0 atom stereocenters. The molecule has 2 nitrogen and oxygen atoms in total. The summed E-state index contributed by atoms with van der Waals surface area (Å²) in [5.74, 6) is -1.87. The number of hydrogen-bond donors (Lipinski definition) is 0. The van der Waals surface area contributed by atoms with E-state index >= 15 is 0 Å². The third-order valence-electron chi connectivity index (χ3n) is 3.57. The number of allylic oxidation sites excluding steroid dienone is 3. The summed E-state index contributed by atoms with van der Waals surface area (Å²) in [6, 6.07) is 2.88. The number of nitrogens with zero attached hydrogens (tertiary/aromatic N) is 1. The molecule has 5 heteroatoms. The first-order chi connectivity index (χ1) is 10.4. The van der Waals surface area contributed by atoms with Gasteiger partial charge in [-0.25, -0.2) is 8.78 Å². The first-order valence-corrected chi connectivity index (χ1v) is 8.09. The van der Waals surface area contributed by atoms with Gasteiger partial charge in [0.1, 0.15) is 11.6 Å². The zero-order valence-electron chi connectivity index (χ0n) is 13.0. The second-order valence-corrected chi connectivity index (χ2v) is 6.49. The summed E-state index contributed by atoms with van der Waals surface area (Å²) in [5, 5.41) is 0.818. The van der Waals surface area contributed by atoms with Crippen LogP contribution >= 0.6 is 11.8 Å². The van der Waals surface area contributed by atoms with Gasteiger partial charge >= 0.3 is 0 Å². The van der Waals surface area contributed by atoms with Gasteiger partial charge in [0, 0.05) is 34.9 Å². The number of thioether (sulfide) groups is 1. The van der Waals surface area contributed by atoms with Gasteiger partial charge in [-0.15, -0.1) is 0 Å². The highest BCUT2D eigenvalue weighted by molar-refractivity contribution is 8.06. The molecule has 0 spiro atoms. The van der Waals surface area contributed by atoms with Gasteiger partial charge in [0.05, 0.1) is 5.03 Å². The van der Waals surface area contributed by atoms with E-state index in [9.17, 15) is 13.6 Å². The second kappa shape index (κ2) is 7.09. The Morgan fingerprint density at radius 2 is 1.86 bits per heavy atom. The summed E-state index contributed by atoms with van der Waals surface area (Å²) in [5.41, 5.74) is 1.16. The molecule has 1 aliphatic heterocycles. The van der Waals surface area contributed by atoms with Gasteiger partial charge in [-0.1, -0.05) is 25.1 Å². The number of rotatable bonds is 5. The minimum absolute atomic E-state index is 0.0308. The van der Waals surface area contributed by atoms with Crippen molar-refractivity contribution >= 4 is 17.5 Å². The van der Waals surface area contributed by atoms with E-state index in [0.29, 0.717) is 0 Å². The number of benzene rings is 1. The van der Waals surface area contributed by atoms with Crippen molar-refractivity contribution in [1.29, 1.82) is 0 Å². The van der Waals surface area contributed by atoms with Crippen LogP contribution in [-0.4, -0.2) is 17.2 Å². The van der Waals surface area contributed by atoms with Crippen LogP contribution in [0.3, 0.4) is 0 Å². The molecule has 1 heterocycles. The molecule has 0 fully saturated rings. The van der Waals surface area contributed by atoms with Crippen LogP contribution in [0, 0.1) is 11.6 Å². The minimum atomic E-state index is -0.742. The Kier molecular flexibility index (Phi) is 5.40. The van der Waals surface area contributed by atoms with E-state index < -0.39 is 11.6 Å². The molecule has 22 heavy (non-hydrogen) atoms. The van der Waals surface area contributed by atoms with Gasteiger partial charge in [0.25, 0.3) is 0 Å². The standard InChI is InChI=1S/C17H19F2NOS/c1-4-5-6-20-11(2)12(3)22-17(20)10-16(21)13-7-14(18)9-15(19)8-13/h7-10H,4-6H2,1-3H3. The van der Waals surface area contributed by atoms with E-state index in [0.717, 1.165) is 53.2 Å². The number of unbranched alkanes of at least 4 members (excludes halogenated alkanes) is 1. The first-order valence-electron chi connectivity index (χ1n) is 7.27. The zero-order valence-corrected chi connectivity index (χ0v) is 13.8. The largest absolute Gasteiger partial charge is 0.339 e. The van der Waals surface area contributed by atoms with Gasteiger partial charge in [-0.3, -0.25) is 4.79 Å². The van der Waals surface area contributed by atoms with Gasteiger partial charge in [0.15, 0.2) is 5.78 Å². The maximum Gasteiger partial charge on any atom is 0.188 e. The van der Waals surface area contributed by atoms with E-state index in [1.165, 1.54) is 17.8 Å². The fourth-order valence-corrected chi connectivity index (χ4v) is 3.31. The van der Waals surface area contributed by atoms with Crippen molar-refractivity contribution in [3.05, 3.63) is 57.1 Å². The van der Waals surface area contributed by atoms with Crippen LogP contribution in [0.1, 0.15) is 44.0 Å². The average molecular weight is 323 g/mol. The summed E-state index contributed by atoms with van der Waals surface area (Å²) in [6.45, 7) is 6.97. The van der Waals surface area contributed by atoms with Gasteiger partial charge in [0.2, 0.25) is 0 Å². The lowest BCUT2D eigenvalue weighted by atomic mass is 10.1. The molecular weight excluding hydrogens is 304 g/mol. The maximum atomic E-state index is 13.2. The molecule has 118 valence electrons. The molecule has 1 aromatic carbocycles. The maximum absolute atomic E-state index is 13.2. The van der Waals surface area contributed by atoms with Crippen molar-refractivity contribution in [2.45, 2.75) is 33.6 Å². The normalized spacial score (nSPS) is 16.8. The van der Waals surface area contributed by atoms with Crippen LogP contribution in [-0.2, 0) is 0 Å². The van der Waals surface area contributed by atoms with Crippen molar-refractivity contribution in [1.82, 2.24) is 4.90 Å². The molecule has 0 saturated carbocycles. The van der Waals surface area contributed by atoms with Crippen molar-refractivity contribution in [3.63, 3.8) is 0 Å². The van der Waals surface area contributed by atoms with Gasteiger partial charge in [-0.05, 0) is 32.4 Å². The van der Waals surface area contributed by atoms with E-state index in [1.807, 2.05) is 13.8 Å². The van der Waals surface area contributed by atoms with Crippen LogP contribution in [0.4, 0.5) is 8.78 Å². The number of ketones is 1. The fraction of sp³-hybridized carbons (Fsp3) is 0.353. The van der Waals surface area contributed by atoms with Crippen molar-refractivity contribution in [2.75, 3.05) is 6.54 Å². The first kappa shape index (κ1) is 16.7. The Hall–Kier alpha value is -1.62. The monoisotopic (exact) mass is 323 g/mol. The third kappa shape index (κ3) is 3.77. The van der Waals surface area contributed by atoms with Crippen molar-refractivity contribution in [2.24, 2.45) is 0 Å². The van der Waals surface area contributed by atoms with Gasteiger partial charge in [-0.2, -0.15) is 0 Å². The predicted octanol–water partition coefficient (Wildman–Crippen LogP) is 5.09. The number of hydrogen-bond acceptors (Lipinski definition) is 3. The quantitative estimate of drug-likeness (QED) is 0.556. The smallest absolute Gasteiger partial charge is 0.188 e. The molecule has 0 unspecified atom stereocenters. The molecule has 0 radical (unpaired) electrons. The lowest BCUT2D eigenvalue weighted by molar-refractivity contribution is 0.104. The Balaban J connectivity index is 2.25. The molecule has 0 bridgehead atoms.